The van der Waals surface area contributed by atoms with Crippen LogP contribution in [0.2, 0.25) is 0 Å². The number of carbonyl (C=O) groups excluding carboxylic acids is 3. The summed E-state index contributed by atoms with van der Waals surface area (Å²) in [5.74, 6) is -1.34. The molecule has 0 aliphatic carbocycles. The lowest BCUT2D eigenvalue weighted by atomic mass is 10.1. The monoisotopic (exact) mass is 355 g/mol. The molecule has 1 N–H and O–H groups in total. The largest absolute Gasteiger partial charge is 0.444 e. The molecule has 1 atom stereocenters. The Morgan fingerprint density at radius 2 is 1.64 bits per heavy atom. The molecule has 0 aliphatic heterocycles. The van der Waals surface area contributed by atoms with E-state index in [1.165, 1.54) is 32.0 Å². The second kappa shape index (κ2) is 8.46. The van der Waals surface area contributed by atoms with Crippen molar-refractivity contribution in [3.05, 3.63) is 23.8 Å². The fourth-order valence-electron chi connectivity index (χ4n) is 1.80. The summed E-state index contributed by atoms with van der Waals surface area (Å²) in [7, 11) is 0. The molecule has 0 bridgehead atoms. The second-order valence-electron chi connectivity index (χ2n) is 6.24. The van der Waals surface area contributed by atoms with Crippen molar-refractivity contribution in [1.82, 2.24) is 5.32 Å². The van der Waals surface area contributed by atoms with E-state index < -0.39 is 29.8 Å². The predicted molar refractivity (Wildman–Crippen MR) is 87.1 cm³/mol. The first kappa shape index (κ1) is 20.4. The summed E-state index contributed by atoms with van der Waals surface area (Å²) < 4.78 is 29.2. The Balaban J connectivity index is 2.84. The Hall–Kier alpha value is -2.64. The highest BCUT2D eigenvalue weighted by Gasteiger charge is 2.19. The number of hydrogen-bond donors (Lipinski definition) is 1. The van der Waals surface area contributed by atoms with Gasteiger partial charge in [0.2, 0.25) is 0 Å². The van der Waals surface area contributed by atoms with Gasteiger partial charge in [0.15, 0.2) is 11.5 Å². The lowest BCUT2D eigenvalue weighted by Crippen LogP contribution is -2.34. The molecule has 0 heterocycles. The van der Waals surface area contributed by atoms with Gasteiger partial charge in [-0.2, -0.15) is 0 Å². The maximum atomic E-state index is 14.3. The predicted octanol–water partition coefficient (Wildman–Crippen LogP) is 3.07. The molecule has 0 spiro atoms. The maximum Gasteiger partial charge on any atom is 0.407 e. The zero-order chi connectivity index (χ0) is 19.2. The molecule has 0 saturated heterocycles. The van der Waals surface area contributed by atoms with Crippen LogP contribution in [0.4, 0.5) is 9.18 Å². The van der Waals surface area contributed by atoms with Crippen molar-refractivity contribution >= 4 is 18.0 Å². The van der Waals surface area contributed by atoms with Gasteiger partial charge >= 0.3 is 18.0 Å². The van der Waals surface area contributed by atoms with E-state index in [9.17, 15) is 18.8 Å². The average molecular weight is 355 g/mol. The summed E-state index contributed by atoms with van der Waals surface area (Å²) in [6.45, 7) is 7.10. The summed E-state index contributed by atoms with van der Waals surface area (Å²) >= 11 is 0. The van der Waals surface area contributed by atoms with Crippen LogP contribution in [0, 0.1) is 0 Å². The standard InChI is InChI=1S/C17H22FNO6/c1-10(20)23-14-7-6-12(8-15(14)24-11(2)21)13(18)9-19-16(22)25-17(3,4)5/h6-8,13H,9H2,1-5H3,(H,19,22). The third-order valence-electron chi connectivity index (χ3n) is 2.66. The van der Waals surface area contributed by atoms with E-state index in [1.54, 1.807) is 20.8 Å². The molecule has 7 nitrogen and oxygen atoms in total. The molecule has 1 aromatic rings. The number of alkyl halides is 1. The van der Waals surface area contributed by atoms with Crippen LogP contribution in [0.25, 0.3) is 0 Å². The molecule has 1 rings (SSSR count). The van der Waals surface area contributed by atoms with Crippen LogP contribution in [-0.2, 0) is 14.3 Å². The van der Waals surface area contributed by atoms with Gasteiger partial charge in [0.1, 0.15) is 11.8 Å². The molecule has 138 valence electrons. The van der Waals surface area contributed by atoms with Gasteiger partial charge in [0.05, 0.1) is 6.54 Å². The number of ether oxygens (including phenoxy) is 3. The van der Waals surface area contributed by atoms with Crippen molar-refractivity contribution in [1.29, 1.82) is 0 Å². The second-order valence-corrected chi connectivity index (χ2v) is 6.24. The van der Waals surface area contributed by atoms with Gasteiger partial charge in [0.25, 0.3) is 0 Å². The Kier molecular flexibility index (Phi) is 6.90. The van der Waals surface area contributed by atoms with Crippen molar-refractivity contribution in [3.63, 3.8) is 0 Å². The van der Waals surface area contributed by atoms with Crippen molar-refractivity contribution in [3.8, 4) is 11.5 Å². The normalized spacial score (nSPS) is 12.1. The zero-order valence-electron chi connectivity index (χ0n) is 14.8. The van der Waals surface area contributed by atoms with E-state index in [0.29, 0.717) is 0 Å². The van der Waals surface area contributed by atoms with Crippen LogP contribution in [0.15, 0.2) is 18.2 Å². The molecule has 1 aromatic carbocycles. The summed E-state index contributed by atoms with van der Waals surface area (Å²) in [4.78, 5) is 33.8. The number of halogens is 1. The number of esters is 2. The van der Waals surface area contributed by atoms with Gasteiger partial charge < -0.3 is 19.5 Å². The van der Waals surface area contributed by atoms with Crippen molar-refractivity contribution in [2.75, 3.05) is 6.54 Å². The number of amides is 1. The van der Waals surface area contributed by atoms with Crippen LogP contribution < -0.4 is 14.8 Å². The van der Waals surface area contributed by atoms with Crippen LogP contribution >= 0.6 is 0 Å². The van der Waals surface area contributed by atoms with Crippen molar-refractivity contribution in [2.24, 2.45) is 0 Å². The lowest BCUT2D eigenvalue weighted by molar-refractivity contribution is -0.134. The van der Waals surface area contributed by atoms with Crippen molar-refractivity contribution in [2.45, 2.75) is 46.4 Å². The quantitative estimate of drug-likeness (QED) is 0.645. The highest BCUT2D eigenvalue weighted by atomic mass is 19.1. The molecular formula is C17H22FNO6. The summed E-state index contributed by atoms with van der Waals surface area (Å²) in [5, 5.41) is 2.32. The van der Waals surface area contributed by atoms with Crippen LogP contribution in [0.3, 0.4) is 0 Å². The Bertz CT molecular complexity index is 653. The number of hydrogen-bond acceptors (Lipinski definition) is 6. The smallest absolute Gasteiger partial charge is 0.407 e. The van der Waals surface area contributed by atoms with E-state index in [-0.39, 0.29) is 23.6 Å². The third-order valence-corrected chi connectivity index (χ3v) is 2.66. The molecule has 0 aliphatic rings. The molecule has 0 fully saturated rings. The summed E-state index contributed by atoms with van der Waals surface area (Å²) in [6, 6.07) is 3.92. The van der Waals surface area contributed by atoms with Crippen molar-refractivity contribution < 1.29 is 33.0 Å². The van der Waals surface area contributed by atoms with Gasteiger partial charge in [-0.05, 0) is 38.5 Å². The third kappa shape index (κ3) is 7.65. The first-order valence-corrected chi connectivity index (χ1v) is 7.59. The number of nitrogens with one attached hydrogen (secondary N) is 1. The van der Waals surface area contributed by atoms with Gasteiger partial charge in [-0.3, -0.25) is 9.59 Å². The first-order valence-electron chi connectivity index (χ1n) is 7.59. The molecule has 25 heavy (non-hydrogen) atoms. The topological polar surface area (TPSA) is 90.9 Å². The highest BCUT2D eigenvalue weighted by Crippen LogP contribution is 2.32. The number of rotatable bonds is 5. The average Bonchev–Trinajstić information content (AvgIpc) is 2.43. The van der Waals surface area contributed by atoms with E-state index in [2.05, 4.69) is 5.32 Å². The van der Waals surface area contributed by atoms with E-state index >= 15 is 0 Å². The minimum absolute atomic E-state index is 0.00116. The fraction of sp³-hybridized carbons (Fsp3) is 0.471. The molecule has 0 saturated carbocycles. The van der Waals surface area contributed by atoms with Gasteiger partial charge in [-0.1, -0.05) is 6.07 Å². The first-order chi connectivity index (χ1) is 11.5. The Morgan fingerprint density at radius 3 is 2.16 bits per heavy atom. The van der Waals surface area contributed by atoms with Gasteiger partial charge in [-0.25, -0.2) is 9.18 Å². The minimum Gasteiger partial charge on any atom is -0.444 e. The van der Waals surface area contributed by atoms with E-state index in [4.69, 9.17) is 14.2 Å². The minimum atomic E-state index is -1.58. The molecule has 1 unspecified atom stereocenters. The Labute approximate surface area is 145 Å². The lowest BCUT2D eigenvalue weighted by Gasteiger charge is -2.20. The SMILES string of the molecule is CC(=O)Oc1ccc(C(F)CNC(=O)OC(C)(C)C)cc1OC(C)=O. The summed E-state index contributed by atoms with van der Waals surface area (Å²) in [6.07, 6.45) is -2.32. The molecule has 0 radical (unpaired) electrons. The van der Waals surface area contributed by atoms with Gasteiger partial charge in [-0.15, -0.1) is 0 Å². The molecule has 1 amide bonds. The van der Waals surface area contributed by atoms with Crippen LogP contribution in [0.1, 0.15) is 46.4 Å². The van der Waals surface area contributed by atoms with E-state index in [1.807, 2.05) is 0 Å². The Morgan fingerprint density at radius 1 is 1.08 bits per heavy atom. The molecule has 8 heteroatoms. The van der Waals surface area contributed by atoms with Gasteiger partial charge in [0, 0.05) is 13.8 Å². The number of carbonyl (C=O) groups is 3. The molecular weight excluding hydrogens is 333 g/mol. The summed E-state index contributed by atoms with van der Waals surface area (Å²) in [5.41, 5.74) is -0.549. The number of benzene rings is 1. The highest BCUT2D eigenvalue weighted by molar-refractivity contribution is 5.73. The fourth-order valence-corrected chi connectivity index (χ4v) is 1.80. The molecule has 0 aromatic heterocycles. The number of alkyl carbamates (subject to hydrolysis) is 1. The van der Waals surface area contributed by atoms with E-state index in [0.717, 1.165) is 0 Å². The maximum absolute atomic E-state index is 14.3. The van der Waals surface area contributed by atoms with Crippen LogP contribution in [0.5, 0.6) is 11.5 Å². The zero-order valence-corrected chi connectivity index (χ0v) is 14.8. The van der Waals surface area contributed by atoms with Crippen LogP contribution in [-0.4, -0.2) is 30.2 Å².